The van der Waals surface area contributed by atoms with Crippen LogP contribution < -0.4 is 22.1 Å². The van der Waals surface area contributed by atoms with E-state index in [1.807, 2.05) is 12.2 Å². The Morgan fingerprint density at radius 2 is 2.00 bits per heavy atom. The number of halogens is 1. The summed E-state index contributed by atoms with van der Waals surface area (Å²) in [6.45, 7) is 5.94. The molecule has 9 heteroatoms. The van der Waals surface area contributed by atoms with Crippen molar-refractivity contribution in [2.45, 2.75) is 64.0 Å². The van der Waals surface area contributed by atoms with Gasteiger partial charge in [-0.1, -0.05) is 25.8 Å². The number of hydrogen-bond donors (Lipinski definition) is 4. The van der Waals surface area contributed by atoms with E-state index in [9.17, 15) is 9.18 Å². The van der Waals surface area contributed by atoms with Crippen molar-refractivity contribution in [3.8, 4) is 0 Å². The third-order valence-corrected chi connectivity index (χ3v) is 6.84. The minimum absolute atomic E-state index is 0.0000194. The van der Waals surface area contributed by atoms with Gasteiger partial charge in [0.05, 0.1) is 11.3 Å². The van der Waals surface area contributed by atoms with Crippen LogP contribution in [0.5, 0.6) is 0 Å². The van der Waals surface area contributed by atoms with Crippen LogP contribution in [0.2, 0.25) is 0 Å². The van der Waals surface area contributed by atoms with Crippen molar-refractivity contribution in [3.05, 3.63) is 41.1 Å². The number of carbonyl (C=O) groups is 1. The van der Waals surface area contributed by atoms with Crippen molar-refractivity contribution in [2.75, 3.05) is 36.9 Å². The molecule has 3 aliphatic rings. The number of hydrogen-bond acceptors (Lipinski definition) is 7. The average Bonchev–Trinajstić information content (AvgIpc) is 3.30. The predicted octanol–water partition coefficient (Wildman–Crippen LogP) is 3.33. The summed E-state index contributed by atoms with van der Waals surface area (Å²) in [5.41, 5.74) is 12.5. The van der Waals surface area contributed by atoms with Crippen LogP contribution in [0.3, 0.4) is 0 Å². The summed E-state index contributed by atoms with van der Waals surface area (Å²) < 4.78 is 20.8. The van der Waals surface area contributed by atoms with Gasteiger partial charge in [0, 0.05) is 30.7 Å². The van der Waals surface area contributed by atoms with Gasteiger partial charge in [0.25, 0.3) is 5.91 Å². The Bertz CT molecular complexity index is 944. The van der Waals surface area contributed by atoms with Crippen LogP contribution in [0.25, 0.3) is 0 Å². The number of pyridine rings is 1. The van der Waals surface area contributed by atoms with Crippen molar-refractivity contribution < 1.29 is 13.9 Å². The summed E-state index contributed by atoms with van der Waals surface area (Å²) in [6.07, 6.45) is 11.1. The van der Waals surface area contributed by atoms with Gasteiger partial charge < -0.3 is 26.8 Å². The fourth-order valence-corrected chi connectivity index (χ4v) is 4.98. The maximum absolute atomic E-state index is 14.8. The molecule has 1 saturated heterocycles. The predicted molar refractivity (Wildman–Crippen MR) is 132 cm³/mol. The zero-order chi connectivity index (χ0) is 24.1. The monoisotopic (exact) mass is 472 g/mol. The highest BCUT2D eigenvalue weighted by Crippen LogP contribution is 2.28. The molecule has 34 heavy (non-hydrogen) atoms. The van der Waals surface area contributed by atoms with Gasteiger partial charge in [-0.2, -0.15) is 0 Å². The van der Waals surface area contributed by atoms with Crippen LogP contribution >= 0.6 is 0 Å². The Morgan fingerprint density at radius 1 is 1.24 bits per heavy atom. The number of aromatic nitrogens is 1. The molecule has 8 nitrogen and oxygen atoms in total. The van der Waals surface area contributed by atoms with E-state index in [0.29, 0.717) is 6.61 Å². The summed E-state index contributed by atoms with van der Waals surface area (Å²) in [7, 11) is 0. The molecule has 1 aromatic rings. The summed E-state index contributed by atoms with van der Waals surface area (Å²) in [6, 6.07) is 1.01. The first kappa shape index (κ1) is 24.5. The number of rotatable bonds is 9. The maximum atomic E-state index is 14.8. The lowest BCUT2D eigenvalue weighted by Crippen LogP contribution is -2.43. The molecular weight excluding hydrogens is 435 g/mol. The summed E-state index contributed by atoms with van der Waals surface area (Å²) in [5, 5.41) is 6.33. The van der Waals surface area contributed by atoms with E-state index < -0.39 is 11.7 Å². The van der Waals surface area contributed by atoms with E-state index >= 15 is 0 Å². The largest absolute Gasteiger partial charge is 0.497 e. The van der Waals surface area contributed by atoms with Gasteiger partial charge in [0.15, 0.2) is 11.6 Å². The normalized spacial score (nSPS) is 25.4. The smallest absolute Gasteiger partial charge is 0.252 e. The molecule has 3 unspecified atom stereocenters. The van der Waals surface area contributed by atoms with Crippen molar-refractivity contribution in [2.24, 2.45) is 17.4 Å². The topological polar surface area (TPSA) is 119 Å². The van der Waals surface area contributed by atoms with Crippen LogP contribution in [0, 0.1) is 11.7 Å². The van der Waals surface area contributed by atoms with E-state index in [4.69, 9.17) is 16.2 Å². The lowest BCUT2D eigenvalue weighted by atomic mass is 9.91. The van der Waals surface area contributed by atoms with Gasteiger partial charge in [0.1, 0.15) is 12.4 Å². The number of likely N-dealkylation sites (tertiary alicyclic amines) is 1. The highest BCUT2D eigenvalue weighted by atomic mass is 19.1. The second-order valence-corrected chi connectivity index (χ2v) is 9.71. The first-order valence-electron chi connectivity index (χ1n) is 12.5. The number of nitrogens with zero attached hydrogens (tertiary/aromatic N) is 2. The molecule has 1 aromatic heterocycles. The molecule has 186 valence electrons. The summed E-state index contributed by atoms with van der Waals surface area (Å²) in [4.78, 5) is 18.9. The molecule has 1 saturated carbocycles. The van der Waals surface area contributed by atoms with Crippen LogP contribution in [0.15, 0.2) is 29.7 Å². The third kappa shape index (κ3) is 6.27. The number of carbonyl (C=O) groups excluding carboxylic acids is 1. The van der Waals surface area contributed by atoms with Gasteiger partial charge >= 0.3 is 0 Å². The molecule has 3 atom stereocenters. The number of amides is 1. The summed E-state index contributed by atoms with van der Waals surface area (Å²) in [5.74, 6) is 0.0460. The molecule has 0 aromatic carbocycles. The highest BCUT2D eigenvalue weighted by molar-refractivity contribution is 5.98. The van der Waals surface area contributed by atoms with Crippen LogP contribution in [-0.2, 0) is 4.74 Å². The Hall–Kier alpha value is -2.65. The number of primary amides is 1. The number of allylic oxidation sites excluding steroid dienone is 3. The van der Waals surface area contributed by atoms with Crippen molar-refractivity contribution in [1.29, 1.82) is 0 Å². The number of ether oxygens (including phenoxy) is 1. The molecule has 1 amide bonds. The molecule has 2 fully saturated rings. The minimum atomic E-state index is -0.745. The van der Waals surface area contributed by atoms with Gasteiger partial charge in [0.2, 0.25) is 0 Å². The Kier molecular flexibility index (Phi) is 8.05. The van der Waals surface area contributed by atoms with Crippen LogP contribution in [0.4, 0.5) is 16.0 Å². The number of anilines is 2. The van der Waals surface area contributed by atoms with E-state index in [0.717, 1.165) is 69.3 Å². The Morgan fingerprint density at radius 3 is 2.74 bits per heavy atom. The van der Waals surface area contributed by atoms with Crippen LogP contribution in [-0.4, -0.2) is 54.1 Å². The molecule has 0 spiro atoms. The first-order valence-corrected chi connectivity index (χ1v) is 12.5. The molecule has 0 radical (unpaired) electrons. The molecule has 2 aliphatic carbocycles. The Balaban J connectivity index is 1.48. The van der Waals surface area contributed by atoms with Gasteiger partial charge in [-0.15, -0.1) is 0 Å². The fourth-order valence-electron chi connectivity index (χ4n) is 4.98. The second kappa shape index (κ2) is 11.2. The fraction of sp³-hybridized carbons (Fsp3) is 0.600. The third-order valence-electron chi connectivity index (χ3n) is 6.84. The lowest BCUT2D eigenvalue weighted by molar-refractivity contribution is 0.100. The van der Waals surface area contributed by atoms with Crippen molar-refractivity contribution >= 4 is 17.5 Å². The number of nitrogens with two attached hydrogens (primary N) is 2. The summed E-state index contributed by atoms with van der Waals surface area (Å²) >= 11 is 0. The second-order valence-electron chi connectivity index (χ2n) is 9.71. The van der Waals surface area contributed by atoms with Crippen molar-refractivity contribution in [3.63, 3.8) is 0 Å². The molecule has 1 aliphatic heterocycles. The zero-order valence-corrected chi connectivity index (χ0v) is 20.0. The molecule has 4 rings (SSSR count). The molecule has 2 heterocycles. The molecular formula is C25H37FN6O2. The maximum Gasteiger partial charge on any atom is 0.252 e. The molecule has 0 bridgehead atoms. The van der Waals surface area contributed by atoms with E-state index in [-0.39, 0.29) is 35.2 Å². The van der Waals surface area contributed by atoms with Gasteiger partial charge in [-0.05, 0) is 56.8 Å². The number of nitrogens with one attached hydrogen (secondary N) is 2. The Labute approximate surface area is 201 Å². The van der Waals surface area contributed by atoms with Gasteiger partial charge in [-0.25, -0.2) is 9.37 Å². The lowest BCUT2D eigenvalue weighted by Gasteiger charge is -2.30. The van der Waals surface area contributed by atoms with E-state index in [2.05, 4.69) is 27.4 Å². The van der Waals surface area contributed by atoms with Crippen LogP contribution in [0.1, 0.15) is 62.2 Å². The minimum Gasteiger partial charge on any atom is -0.497 e. The van der Waals surface area contributed by atoms with E-state index in [1.54, 1.807) is 0 Å². The highest BCUT2D eigenvalue weighted by Gasteiger charge is 2.25. The molecule has 6 N–H and O–H groups in total. The first-order chi connectivity index (χ1) is 16.4. The quantitative estimate of drug-likeness (QED) is 0.435. The zero-order valence-electron chi connectivity index (χ0n) is 20.0. The van der Waals surface area contributed by atoms with E-state index in [1.165, 1.54) is 12.8 Å². The standard InChI is InChI=1S/C25H37FN6O2/c1-16-12-17(14-18(13-16)34-11-10-32-8-4-5-9-32)29-24-19(23(28)33)15-20(26)25(31-24)30-22-7-3-2-6-21(22)27/h12,14-16,21-22H,2-11,13,27H2,1H3,(H2,28,33)(H2,29,30,31). The van der Waals surface area contributed by atoms with Gasteiger partial charge in [-0.3, -0.25) is 9.69 Å². The SMILES string of the molecule is CC1C=C(Nc2nc(NC3CCCCC3N)c(F)cc2C(N)=O)C=C(OCCN2CCCC2)C1. The average molecular weight is 473 g/mol. The van der Waals surface area contributed by atoms with Crippen molar-refractivity contribution in [1.82, 2.24) is 9.88 Å².